The van der Waals surface area contributed by atoms with Gasteiger partial charge in [-0.1, -0.05) is 78.4 Å². The minimum atomic E-state index is -0.619. The van der Waals surface area contributed by atoms with Crippen molar-refractivity contribution in [1.29, 1.82) is 0 Å². The lowest BCUT2D eigenvalue weighted by atomic mass is 9.47. The summed E-state index contributed by atoms with van der Waals surface area (Å²) < 4.78 is 11.0. The Labute approximate surface area is 292 Å². The molecule has 7 heteroatoms. The van der Waals surface area contributed by atoms with Gasteiger partial charge in [0.2, 0.25) is 0 Å². The molecule has 0 bridgehead atoms. The smallest absolute Gasteiger partial charge is 0.407 e. The van der Waals surface area contributed by atoms with Gasteiger partial charge >= 0.3 is 12.1 Å². The number of fused-ring (bicyclic) bond motifs is 5. The number of carbonyl (C=O) groups is 3. The molecule has 0 aromatic carbocycles. The summed E-state index contributed by atoms with van der Waals surface area (Å²) >= 11 is 0. The number of allylic oxidation sites excluding steroid dienone is 1. The van der Waals surface area contributed by atoms with Crippen LogP contribution in [-0.2, 0) is 19.1 Å². The van der Waals surface area contributed by atoms with Crippen molar-refractivity contribution in [1.82, 2.24) is 10.2 Å². The van der Waals surface area contributed by atoms with Crippen molar-refractivity contribution in [3.63, 3.8) is 0 Å². The zero-order valence-electron chi connectivity index (χ0n) is 31.3. The number of amides is 1. The van der Waals surface area contributed by atoms with Crippen molar-refractivity contribution in [2.45, 2.75) is 144 Å². The molecule has 0 aromatic heterocycles. The molecule has 0 aromatic rings. The maximum Gasteiger partial charge on any atom is 0.407 e. The number of esters is 1. The Morgan fingerprint density at radius 1 is 0.979 bits per heavy atom. The molecule has 272 valence electrons. The number of hydrogen-bond donors (Lipinski definition) is 1. The van der Waals surface area contributed by atoms with Crippen molar-refractivity contribution in [2.75, 3.05) is 32.8 Å². The van der Waals surface area contributed by atoms with Gasteiger partial charge in [0.15, 0.2) is 5.78 Å². The van der Waals surface area contributed by atoms with E-state index in [-0.39, 0.29) is 29.4 Å². The Morgan fingerprint density at radius 3 is 2.54 bits per heavy atom. The minimum Gasteiger partial charge on any atom is -0.465 e. The van der Waals surface area contributed by atoms with Crippen molar-refractivity contribution in [3.05, 3.63) is 11.6 Å². The number of unbranched alkanes of at least 4 members (excludes halogenated alkanes) is 3. The number of nitrogens with zero attached hydrogens (tertiary/aromatic N) is 1. The summed E-state index contributed by atoms with van der Waals surface area (Å²) in [6, 6.07) is 0. The Morgan fingerprint density at radius 2 is 1.77 bits per heavy atom. The topological polar surface area (TPSA) is 84.9 Å². The van der Waals surface area contributed by atoms with Gasteiger partial charge in [-0.15, -0.1) is 0 Å². The average Bonchev–Trinajstić information content (AvgIpc) is 3.59. The summed E-state index contributed by atoms with van der Waals surface area (Å²) in [5, 5.41) is 3.00. The van der Waals surface area contributed by atoms with Crippen LogP contribution in [0.25, 0.3) is 0 Å². The SMILES string of the molecule is CCOC(=O)C1CN(CCCCCCNC(=O)OC2CCC3(C)C(=CCC4C3CCC3(C)C(C(C)CCCC(C)C)CCC43)C2)CC1=O. The maximum absolute atomic E-state index is 12.7. The lowest BCUT2D eigenvalue weighted by Gasteiger charge is -2.58. The molecular formula is C41H68N2O5. The fourth-order valence-corrected chi connectivity index (χ4v) is 11.3. The zero-order valence-corrected chi connectivity index (χ0v) is 31.3. The van der Waals surface area contributed by atoms with Crippen LogP contribution in [0, 0.1) is 52.3 Å². The van der Waals surface area contributed by atoms with Crippen LogP contribution in [0.2, 0.25) is 0 Å². The van der Waals surface area contributed by atoms with E-state index in [1.54, 1.807) is 12.5 Å². The second-order valence-electron chi connectivity index (χ2n) is 17.4. The molecule has 4 fully saturated rings. The third-order valence-electron chi connectivity index (χ3n) is 14.0. The number of carbonyl (C=O) groups excluding carboxylic acids is 3. The second-order valence-corrected chi connectivity index (χ2v) is 17.4. The Kier molecular flexibility index (Phi) is 12.8. The Hall–Kier alpha value is -1.89. The van der Waals surface area contributed by atoms with Gasteiger partial charge in [0, 0.05) is 19.5 Å². The first-order chi connectivity index (χ1) is 23.0. The number of ether oxygens (including phenoxy) is 2. The van der Waals surface area contributed by atoms with E-state index in [9.17, 15) is 14.4 Å². The molecule has 4 aliphatic carbocycles. The van der Waals surface area contributed by atoms with E-state index in [0.717, 1.165) is 87.0 Å². The van der Waals surface area contributed by atoms with Crippen LogP contribution in [0.5, 0.6) is 0 Å². The summed E-state index contributed by atoms with van der Waals surface area (Å²) in [5.41, 5.74) is 2.35. The van der Waals surface area contributed by atoms with Gasteiger partial charge in [-0.25, -0.2) is 4.79 Å². The van der Waals surface area contributed by atoms with E-state index in [4.69, 9.17) is 9.47 Å². The van der Waals surface area contributed by atoms with E-state index in [0.29, 0.717) is 31.7 Å². The summed E-state index contributed by atoms with van der Waals surface area (Å²) in [6.45, 7) is 16.8. The van der Waals surface area contributed by atoms with Crippen LogP contribution in [0.15, 0.2) is 11.6 Å². The first-order valence-corrected chi connectivity index (χ1v) is 20.0. The molecule has 1 saturated heterocycles. The molecule has 7 nitrogen and oxygen atoms in total. The van der Waals surface area contributed by atoms with Gasteiger partial charge in [-0.05, 0) is 118 Å². The van der Waals surface area contributed by atoms with Crippen molar-refractivity contribution in [2.24, 2.45) is 52.3 Å². The van der Waals surface area contributed by atoms with Crippen molar-refractivity contribution < 1.29 is 23.9 Å². The molecule has 1 N–H and O–H groups in total. The normalized spacial score (nSPS) is 35.4. The van der Waals surface area contributed by atoms with Crippen LogP contribution in [-0.4, -0.2) is 61.6 Å². The number of Topliss-reactive ketones (excluding diaryl/α,β-unsaturated/α-hetero) is 1. The number of rotatable bonds is 15. The Balaban J connectivity index is 1.00. The molecule has 0 spiro atoms. The molecule has 5 aliphatic rings. The molecule has 1 aliphatic heterocycles. The van der Waals surface area contributed by atoms with Gasteiger partial charge in [0.1, 0.15) is 12.0 Å². The highest BCUT2D eigenvalue weighted by Gasteiger charge is 2.59. The fourth-order valence-electron chi connectivity index (χ4n) is 11.3. The standard InChI is InChI=1S/C41H68N2O5/c1-7-47-38(45)33-26-43(27-37(33)44)24-11-9-8-10-23-42-39(46)48-31-19-21-40(5)30(25-31)15-16-32-35-18-17-34(29(4)14-12-13-28(2)3)41(35,6)22-20-36(32)40/h15,28-29,31-36H,7-14,16-27H2,1-6H3,(H,42,46). The van der Waals surface area contributed by atoms with E-state index < -0.39 is 5.92 Å². The van der Waals surface area contributed by atoms with Gasteiger partial charge < -0.3 is 14.8 Å². The van der Waals surface area contributed by atoms with Crippen LogP contribution in [0.4, 0.5) is 4.79 Å². The molecular weight excluding hydrogens is 600 g/mol. The van der Waals surface area contributed by atoms with Crippen molar-refractivity contribution >= 4 is 17.8 Å². The highest BCUT2D eigenvalue weighted by molar-refractivity contribution is 6.01. The third-order valence-corrected chi connectivity index (χ3v) is 14.0. The molecule has 3 saturated carbocycles. The highest BCUT2D eigenvalue weighted by Crippen LogP contribution is 2.67. The van der Waals surface area contributed by atoms with Gasteiger partial charge in [-0.3, -0.25) is 14.5 Å². The molecule has 1 heterocycles. The lowest BCUT2D eigenvalue weighted by Crippen LogP contribution is -2.51. The van der Waals surface area contributed by atoms with E-state index >= 15 is 0 Å². The van der Waals surface area contributed by atoms with E-state index in [1.807, 2.05) is 0 Å². The predicted molar refractivity (Wildman–Crippen MR) is 191 cm³/mol. The van der Waals surface area contributed by atoms with Crippen LogP contribution >= 0.6 is 0 Å². The maximum atomic E-state index is 12.7. The van der Waals surface area contributed by atoms with Gasteiger partial charge in [0.25, 0.3) is 0 Å². The van der Waals surface area contributed by atoms with Crippen molar-refractivity contribution in [3.8, 4) is 0 Å². The predicted octanol–water partition coefficient (Wildman–Crippen LogP) is 8.75. The Bertz CT molecular complexity index is 1150. The van der Waals surface area contributed by atoms with Crippen LogP contribution in [0.1, 0.15) is 138 Å². The quantitative estimate of drug-likeness (QED) is 0.0813. The summed E-state index contributed by atoms with van der Waals surface area (Å²) in [5.74, 6) is 4.00. The second kappa shape index (κ2) is 16.4. The van der Waals surface area contributed by atoms with Gasteiger partial charge in [-0.2, -0.15) is 0 Å². The monoisotopic (exact) mass is 669 g/mol. The van der Waals surface area contributed by atoms with E-state index in [1.165, 1.54) is 51.4 Å². The molecule has 48 heavy (non-hydrogen) atoms. The number of nitrogens with one attached hydrogen (secondary N) is 1. The van der Waals surface area contributed by atoms with Gasteiger partial charge in [0.05, 0.1) is 13.2 Å². The summed E-state index contributed by atoms with van der Waals surface area (Å²) in [7, 11) is 0. The highest BCUT2D eigenvalue weighted by atomic mass is 16.6. The number of ketones is 1. The molecule has 9 atom stereocenters. The molecule has 1 amide bonds. The summed E-state index contributed by atoms with van der Waals surface area (Å²) in [4.78, 5) is 38.9. The first kappa shape index (κ1) is 37.4. The lowest BCUT2D eigenvalue weighted by molar-refractivity contribution is -0.149. The number of hydrogen-bond acceptors (Lipinski definition) is 6. The van der Waals surface area contributed by atoms with Crippen LogP contribution < -0.4 is 5.32 Å². The molecule has 5 rings (SSSR count). The fraction of sp³-hybridized carbons (Fsp3) is 0.878. The largest absolute Gasteiger partial charge is 0.465 e. The summed E-state index contributed by atoms with van der Waals surface area (Å²) in [6.07, 6.45) is 20.3. The molecule has 0 radical (unpaired) electrons. The number of likely N-dealkylation sites (tertiary alicyclic amines) is 1. The number of alkyl carbamates (subject to hydrolysis) is 1. The van der Waals surface area contributed by atoms with E-state index in [2.05, 4.69) is 50.9 Å². The first-order valence-electron chi connectivity index (χ1n) is 20.0. The average molecular weight is 669 g/mol. The zero-order chi connectivity index (χ0) is 34.5. The van der Waals surface area contributed by atoms with Crippen LogP contribution in [0.3, 0.4) is 0 Å². The molecule has 9 unspecified atom stereocenters. The third kappa shape index (κ3) is 8.35. The minimum absolute atomic E-state index is 0.0149.